The third-order valence-electron chi connectivity index (χ3n) is 3.76. The van der Waals surface area contributed by atoms with Crippen molar-refractivity contribution >= 4 is 5.96 Å². The molecule has 1 aromatic heterocycles. The second kappa shape index (κ2) is 10.4. The van der Waals surface area contributed by atoms with Gasteiger partial charge >= 0.3 is 0 Å². The molecule has 4 nitrogen and oxygen atoms in total. The molecule has 0 aliphatic carbocycles. The van der Waals surface area contributed by atoms with Crippen molar-refractivity contribution in [2.24, 2.45) is 4.99 Å². The van der Waals surface area contributed by atoms with Crippen LogP contribution in [0.2, 0.25) is 0 Å². The van der Waals surface area contributed by atoms with Crippen LogP contribution in [0.15, 0.2) is 53.7 Å². The quantitative estimate of drug-likeness (QED) is 0.444. The molecule has 1 heterocycles. The molecule has 2 aromatic rings. The first-order valence-electron chi connectivity index (χ1n) is 8.75. The van der Waals surface area contributed by atoms with Crippen molar-refractivity contribution in [3.8, 4) is 0 Å². The number of guanidine groups is 1. The molecular formula is C20H28N4. The number of aromatic nitrogens is 1. The summed E-state index contributed by atoms with van der Waals surface area (Å²) in [4.78, 5) is 9.05. The Bertz CT molecular complexity index is 605. The third-order valence-corrected chi connectivity index (χ3v) is 3.76. The fraction of sp³-hybridized carbons (Fsp3) is 0.400. The second-order valence-electron chi connectivity index (χ2n) is 5.93. The van der Waals surface area contributed by atoms with Crippen molar-refractivity contribution in [2.45, 2.75) is 39.7 Å². The molecule has 0 aliphatic heterocycles. The molecule has 1 aromatic carbocycles. The molecule has 0 saturated heterocycles. The van der Waals surface area contributed by atoms with Gasteiger partial charge in [-0.1, -0.05) is 49.2 Å². The van der Waals surface area contributed by atoms with E-state index in [1.807, 2.05) is 18.3 Å². The lowest BCUT2D eigenvalue weighted by atomic mass is 10.1. The van der Waals surface area contributed by atoms with Gasteiger partial charge in [-0.2, -0.15) is 0 Å². The van der Waals surface area contributed by atoms with Gasteiger partial charge in [0.1, 0.15) is 0 Å². The molecular weight excluding hydrogens is 296 g/mol. The van der Waals surface area contributed by atoms with E-state index in [1.165, 1.54) is 17.5 Å². The number of nitrogens with zero attached hydrogens (tertiary/aromatic N) is 2. The highest BCUT2D eigenvalue weighted by Gasteiger charge is 2.00. The molecule has 4 heteroatoms. The van der Waals surface area contributed by atoms with Crippen molar-refractivity contribution in [3.05, 3.63) is 65.5 Å². The van der Waals surface area contributed by atoms with Gasteiger partial charge in [-0.15, -0.1) is 0 Å². The average Bonchev–Trinajstić information content (AvgIpc) is 2.61. The number of rotatable bonds is 8. The van der Waals surface area contributed by atoms with Gasteiger partial charge in [-0.25, -0.2) is 4.99 Å². The van der Waals surface area contributed by atoms with E-state index in [2.05, 4.69) is 59.8 Å². The zero-order valence-electron chi connectivity index (χ0n) is 14.8. The van der Waals surface area contributed by atoms with Crippen molar-refractivity contribution < 1.29 is 0 Å². The molecule has 0 radical (unpaired) electrons. The Morgan fingerprint density at radius 1 is 1.04 bits per heavy atom. The number of nitrogens with one attached hydrogen (secondary N) is 2. The molecule has 0 aliphatic rings. The number of pyridine rings is 1. The Morgan fingerprint density at radius 2 is 1.83 bits per heavy atom. The summed E-state index contributed by atoms with van der Waals surface area (Å²) >= 11 is 0. The standard InChI is InChI=1S/C20H28N4/c1-3-4-13-22-20(23-15-12-19-7-5-6-14-21-19)24-16-18-10-8-17(2)9-11-18/h5-11,14H,3-4,12-13,15-16H2,1-2H3,(H2,22,23,24). The minimum atomic E-state index is 0.686. The summed E-state index contributed by atoms with van der Waals surface area (Å²) in [6, 6.07) is 14.5. The zero-order valence-corrected chi connectivity index (χ0v) is 14.8. The fourth-order valence-electron chi connectivity index (χ4n) is 2.28. The largest absolute Gasteiger partial charge is 0.356 e. The summed E-state index contributed by atoms with van der Waals surface area (Å²) < 4.78 is 0. The van der Waals surface area contributed by atoms with Crippen LogP contribution in [0.4, 0.5) is 0 Å². The van der Waals surface area contributed by atoms with Crippen LogP contribution in [0.3, 0.4) is 0 Å². The van der Waals surface area contributed by atoms with E-state index in [-0.39, 0.29) is 0 Å². The van der Waals surface area contributed by atoms with Crippen molar-refractivity contribution in [3.63, 3.8) is 0 Å². The highest BCUT2D eigenvalue weighted by atomic mass is 15.2. The van der Waals surface area contributed by atoms with Gasteiger partial charge in [0.05, 0.1) is 6.54 Å². The van der Waals surface area contributed by atoms with Crippen LogP contribution >= 0.6 is 0 Å². The first kappa shape index (κ1) is 18.0. The van der Waals surface area contributed by atoms with Crippen molar-refractivity contribution in [2.75, 3.05) is 13.1 Å². The normalized spacial score (nSPS) is 11.3. The molecule has 24 heavy (non-hydrogen) atoms. The predicted molar refractivity (Wildman–Crippen MR) is 101 cm³/mol. The highest BCUT2D eigenvalue weighted by molar-refractivity contribution is 5.79. The van der Waals surface area contributed by atoms with E-state index in [1.54, 1.807) is 0 Å². The average molecular weight is 324 g/mol. The number of hydrogen-bond donors (Lipinski definition) is 2. The Labute approximate surface area is 145 Å². The van der Waals surface area contributed by atoms with Crippen LogP contribution in [-0.2, 0) is 13.0 Å². The fourth-order valence-corrected chi connectivity index (χ4v) is 2.28. The van der Waals surface area contributed by atoms with Gasteiger partial charge in [-0.05, 0) is 31.0 Å². The molecule has 0 amide bonds. The van der Waals surface area contributed by atoms with Gasteiger partial charge < -0.3 is 10.6 Å². The molecule has 0 saturated carbocycles. The maximum atomic E-state index is 4.70. The summed E-state index contributed by atoms with van der Waals surface area (Å²) in [5, 5.41) is 6.81. The number of hydrogen-bond acceptors (Lipinski definition) is 2. The van der Waals surface area contributed by atoms with E-state index in [9.17, 15) is 0 Å². The maximum absolute atomic E-state index is 4.70. The summed E-state index contributed by atoms with van der Waals surface area (Å²) in [6.07, 6.45) is 5.04. The number of unbranched alkanes of at least 4 members (excludes halogenated alkanes) is 1. The van der Waals surface area contributed by atoms with Gasteiger partial charge in [0.25, 0.3) is 0 Å². The molecule has 0 unspecified atom stereocenters. The number of benzene rings is 1. The highest BCUT2D eigenvalue weighted by Crippen LogP contribution is 2.04. The first-order valence-corrected chi connectivity index (χ1v) is 8.75. The van der Waals surface area contributed by atoms with Crippen LogP contribution in [-0.4, -0.2) is 24.0 Å². The molecule has 2 rings (SSSR count). The monoisotopic (exact) mass is 324 g/mol. The third kappa shape index (κ3) is 6.82. The Morgan fingerprint density at radius 3 is 2.54 bits per heavy atom. The summed E-state index contributed by atoms with van der Waals surface area (Å²) in [5.41, 5.74) is 3.59. The van der Waals surface area contributed by atoms with E-state index in [4.69, 9.17) is 4.99 Å². The van der Waals surface area contributed by atoms with Crippen LogP contribution in [0.25, 0.3) is 0 Å². The molecule has 0 spiro atoms. The lowest BCUT2D eigenvalue weighted by Gasteiger charge is -2.12. The van der Waals surface area contributed by atoms with Crippen LogP contribution in [0.5, 0.6) is 0 Å². The molecule has 0 bridgehead atoms. The van der Waals surface area contributed by atoms with Crippen LogP contribution in [0, 0.1) is 6.92 Å². The van der Waals surface area contributed by atoms with E-state index in [0.29, 0.717) is 6.54 Å². The first-order chi connectivity index (χ1) is 11.8. The molecule has 0 atom stereocenters. The zero-order chi connectivity index (χ0) is 17.0. The Balaban J connectivity index is 1.87. The van der Waals surface area contributed by atoms with Crippen molar-refractivity contribution in [1.82, 2.24) is 15.6 Å². The van der Waals surface area contributed by atoms with Crippen LogP contribution in [0.1, 0.15) is 36.6 Å². The molecule has 2 N–H and O–H groups in total. The smallest absolute Gasteiger partial charge is 0.191 e. The van der Waals surface area contributed by atoms with E-state index < -0.39 is 0 Å². The minimum absolute atomic E-state index is 0.686. The summed E-state index contributed by atoms with van der Waals surface area (Å²) in [7, 11) is 0. The molecule has 0 fully saturated rings. The number of aliphatic imine (C=N–C) groups is 1. The van der Waals surface area contributed by atoms with Gasteiger partial charge in [0, 0.05) is 31.4 Å². The topological polar surface area (TPSA) is 49.3 Å². The lowest BCUT2D eigenvalue weighted by molar-refractivity contribution is 0.720. The van der Waals surface area contributed by atoms with Gasteiger partial charge in [0.15, 0.2) is 5.96 Å². The van der Waals surface area contributed by atoms with Crippen molar-refractivity contribution in [1.29, 1.82) is 0 Å². The Kier molecular flexibility index (Phi) is 7.81. The summed E-state index contributed by atoms with van der Waals surface area (Å²) in [6.45, 7) is 6.75. The SMILES string of the molecule is CCCCNC(=NCc1ccc(C)cc1)NCCc1ccccn1. The maximum Gasteiger partial charge on any atom is 0.191 e. The number of aryl methyl sites for hydroxylation is 1. The Hall–Kier alpha value is -2.36. The van der Waals surface area contributed by atoms with Gasteiger partial charge in [-0.3, -0.25) is 4.98 Å². The van der Waals surface area contributed by atoms with Crippen LogP contribution < -0.4 is 10.6 Å². The minimum Gasteiger partial charge on any atom is -0.356 e. The molecule has 128 valence electrons. The van der Waals surface area contributed by atoms with Gasteiger partial charge in [0.2, 0.25) is 0 Å². The summed E-state index contributed by atoms with van der Waals surface area (Å²) in [5.74, 6) is 0.875. The van der Waals surface area contributed by atoms with E-state index in [0.717, 1.165) is 37.6 Å². The second-order valence-corrected chi connectivity index (χ2v) is 5.93. The van der Waals surface area contributed by atoms with E-state index >= 15 is 0 Å². The predicted octanol–water partition coefficient (Wildman–Crippen LogP) is 3.47. The lowest BCUT2D eigenvalue weighted by Crippen LogP contribution is -2.39.